The maximum Gasteiger partial charge on any atom is 0.240 e. The molecule has 0 aliphatic carbocycles. The fraction of sp³-hybridized carbons (Fsp3) is 0.400. The average molecular weight is 354 g/mol. The first-order valence-electron chi connectivity index (χ1n) is 8.98. The van der Waals surface area contributed by atoms with Gasteiger partial charge in [0.15, 0.2) is 0 Å². The summed E-state index contributed by atoms with van der Waals surface area (Å²) in [5, 5.41) is 5.27. The van der Waals surface area contributed by atoms with Crippen molar-refractivity contribution >= 4 is 11.7 Å². The van der Waals surface area contributed by atoms with E-state index in [1.165, 1.54) is 0 Å². The third-order valence-electron chi connectivity index (χ3n) is 4.88. The van der Waals surface area contributed by atoms with Crippen molar-refractivity contribution in [2.45, 2.75) is 26.3 Å². The first kappa shape index (κ1) is 18.4. The first-order valence-corrected chi connectivity index (χ1v) is 8.98. The lowest BCUT2D eigenvalue weighted by molar-refractivity contribution is -0.126. The number of nitrogens with one attached hydrogen (secondary N) is 2. The van der Waals surface area contributed by atoms with Crippen LogP contribution in [0.4, 0.5) is 0 Å². The van der Waals surface area contributed by atoms with Crippen LogP contribution in [0.2, 0.25) is 0 Å². The van der Waals surface area contributed by atoms with Gasteiger partial charge < -0.3 is 9.88 Å². The van der Waals surface area contributed by atoms with Gasteiger partial charge in [0.1, 0.15) is 0 Å². The van der Waals surface area contributed by atoms with Crippen LogP contribution >= 0.6 is 0 Å². The number of piperazine rings is 1. The third kappa shape index (κ3) is 4.03. The van der Waals surface area contributed by atoms with Crippen LogP contribution in [0.5, 0.6) is 0 Å². The second kappa shape index (κ2) is 7.85. The normalized spacial score (nSPS) is 17.9. The van der Waals surface area contributed by atoms with E-state index in [9.17, 15) is 9.59 Å². The number of hydrazine groups is 1. The van der Waals surface area contributed by atoms with Gasteiger partial charge in [-0.15, -0.1) is 0 Å². The molecule has 138 valence electrons. The molecular weight excluding hydrogens is 328 g/mol. The Labute approximate surface area is 154 Å². The number of rotatable bonds is 5. The number of nitrogens with zero attached hydrogens (tertiary/aromatic N) is 2. The van der Waals surface area contributed by atoms with E-state index < -0.39 is 0 Å². The van der Waals surface area contributed by atoms with Crippen molar-refractivity contribution in [2.75, 3.05) is 19.6 Å². The Morgan fingerprint density at radius 3 is 2.62 bits per heavy atom. The van der Waals surface area contributed by atoms with Crippen molar-refractivity contribution in [2.24, 2.45) is 7.05 Å². The largest absolute Gasteiger partial charge is 0.344 e. The predicted octanol–water partition coefficient (Wildman–Crippen LogP) is 1.43. The van der Waals surface area contributed by atoms with Crippen molar-refractivity contribution in [3.8, 4) is 0 Å². The van der Waals surface area contributed by atoms with Gasteiger partial charge in [-0.2, -0.15) is 0 Å². The quantitative estimate of drug-likeness (QED) is 0.798. The molecule has 6 nitrogen and oxygen atoms in total. The highest BCUT2D eigenvalue weighted by Crippen LogP contribution is 2.14. The van der Waals surface area contributed by atoms with E-state index in [2.05, 4.69) is 17.7 Å². The van der Waals surface area contributed by atoms with Crippen LogP contribution in [0.15, 0.2) is 36.4 Å². The maximum atomic E-state index is 12.7. The van der Waals surface area contributed by atoms with Crippen molar-refractivity contribution in [3.05, 3.63) is 58.9 Å². The molecule has 0 bridgehead atoms. The summed E-state index contributed by atoms with van der Waals surface area (Å²) in [6.45, 7) is 6.58. The molecule has 1 unspecified atom stereocenters. The molecule has 2 N–H and O–H groups in total. The van der Waals surface area contributed by atoms with Gasteiger partial charge in [-0.05, 0) is 26.0 Å². The van der Waals surface area contributed by atoms with Crippen LogP contribution < -0.4 is 10.7 Å². The minimum Gasteiger partial charge on any atom is -0.344 e. The number of ketones is 1. The molecule has 2 aromatic rings. The Morgan fingerprint density at radius 1 is 1.19 bits per heavy atom. The molecule has 1 aliphatic heterocycles. The van der Waals surface area contributed by atoms with E-state index in [1.807, 2.05) is 53.9 Å². The Bertz CT molecular complexity index is 795. The van der Waals surface area contributed by atoms with Crippen LogP contribution in [0.3, 0.4) is 0 Å². The fourth-order valence-corrected chi connectivity index (χ4v) is 3.18. The molecule has 26 heavy (non-hydrogen) atoms. The molecule has 1 atom stereocenters. The van der Waals surface area contributed by atoms with E-state index in [0.717, 1.165) is 30.9 Å². The van der Waals surface area contributed by atoms with Crippen molar-refractivity contribution in [3.63, 3.8) is 0 Å². The highest BCUT2D eigenvalue weighted by Gasteiger charge is 2.21. The van der Waals surface area contributed by atoms with Gasteiger partial charge in [0.05, 0.1) is 12.1 Å². The molecule has 0 saturated carbocycles. The Kier molecular flexibility index (Phi) is 5.54. The zero-order valence-electron chi connectivity index (χ0n) is 15.6. The molecule has 1 amide bonds. The summed E-state index contributed by atoms with van der Waals surface area (Å²) in [6, 6.07) is 11.4. The summed E-state index contributed by atoms with van der Waals surface area (Å²) in [5.41, 5.74) is 6.16. The second-order valence-electron chi connectivity index (χ2n) is 6.92. The molecule has 6 heteroatoms. The maximum absolute atomic E-state index is 12.7. The number of amides is 1. The van der Waals surface area contributed by atoms with Crippen LogP contribution in [-0.2, 0) is 18.3 Å². The summed E-state index contributed by atoms with van der Waals surface area (Å²) >= 11 is 0. The molecule has 3 rings (SSSR count). The topological polar surface area (TPSA) is 66.4 Å². The van der Waals surface area contributed by atoms with Crippen LogP contribution in [0, 0.1) is 6.92 Å². The lowest BCUT2D eigenvalue weighted by atomic mass is 10.1. The van der Waals surface area contributed by atoms with Gasteiger partial charge in [0, 0.05) is 44.0 Å². The summed E-state index contributed by atoms with van der Waals surface area (Å²) in [5.74, 6) is -0.0934. The number of benzene rings is 1. The summed E-state index contributed by atoms with van der Waals surface area (Å²) in [4.78, 5) is 25.1. The number of hydrogen-bond donors (Lipinski definition) is 2. The molecular formula is C20H26N4O2. The van der Waals surface area contributed by atoms with Crippen LogP contribution in [-0.4, -0.2) is 46.9 Å². The zero-order valence-corrected chi connectivity index (χ0v) is 15.6. The van der Waals surface area contributed by atoms with Gasteiger partial charge in [0.25, 0.3) is 0 Å². The highest BCUT2D eigenvalue weighted by atomic mass is 16.2. The number of carbonyl (C=O) groups is 2. The predicted molar refractivity (Wildman–Crippen MR) is 101 cm³/mol. The van der Waals surface area contributed by atoms with Gasteiger partial charge in [0.2, 0.25) is 11.7 Å². The fourth-order valence-electron chi connectivity index (χ4n) is 3.18. The molecule has 1 saturated heterocycles. The SMILES string of the molecule is Cc1ccc(C(=O)c2ccc(CC(=O)NN3CCNCC3C)n2C)cc1. The highest BCUT2D eigenvalue weighted by molar-refractivity contribution is 6.08. The van der Waals surface area contributed by atoms with E-state index in [4.69, 9.17) is 0 Å². The molecule has 0 radical (unpaired) electrons. The minimum absolute atomic E-state index is 0.0325. The van der Waals surface area contributed by atoms with E-state index in [-0.39, 0.29) is 24.2 Å². The summed E-state index contributed by atoms with van der Waals surface area (Å²) < 4.78 is 1.81. The monoisotopic (exact) mass is 354 g/mol. The molecule has 1 aromatic heterocycles. The van der Waals surface area contributed by atoms with Crippen molar-refractivity contribution < 1.29 is 9.59 Å². The third-order valence-corrected chi connectivity index (χ3v) is 4.88. The van der Waals surface area contributed by atoms with Crippen LogP contribution in [0.1, 0.15) is 34.2 Å². The lowest BCUT2D eigenvalue weighted by Gasteiger charge is -2.33. The molecule has 0 spiro atoms. The van der Waals surface area contributed by atoms with Crippen molar-refractivity contribution in [1.82, 2.24) is 20.3 Å². The first-order chi connectivity index (χ1) is 12.5. The number of aromatic nitrogens is 1. The summed E-state index contributed by atoms with van der Waals surface area (Å²) in [6.07, 6.45) is 0.244. The van der Waals surface area contributed by atoms with Crippen molar-refractivity contribution in [1.29, 1.82) is 0 Å². The van der Waals surface area contributed by atoms with Gasteiger partial charge >= 0.3 is 0 Å². The smallest absolute Gasteiger partial charge is 0.240 e. The Balaban J connectivity index is 1.67. The molecule has 1 fully saturated rings. The number of aryl methyl sites for hydroxylation is 1. The molecule has 2 heterocycles. The molecule has 1 aliphatic rings. The summed E-state index contributed by atoms with van der Waals surface area (Å²) in [7, 11) is 1.83. The zero-order chi connectivity index (χ0) is 18.7. The average Bonchev–Trinajstić information content (AvgIpc) is 2.97. The van der Waals surface area contributed by atoms with E-state index >= 15 is 0 Å². The van der Waals surface area contributed by atoms with Gasteiger partial charge in [-0.1, -0.05) is 29.8 Å². The number of carbonyl (C=O) groups excluding carboxylic acids is 2. The Morgan fingerprint density at radius 2 is 1.92 bits per heavy atom. The van der Waals surface area contributed by atoms with Crippen LogP contribution in [0.25, 0.3) is 0 Å². The second-order valence-corrected chi connectivity index (χ2v) is 6.92. The minimum atomic E-state index is -0.0608. The standard InChI is InChI=1S/C20H26N4O2/c1-14-4-6-16(7-5-14)20(26)18-9-8-17(23(18)3)12-19(25)22-24-11-10-21-13-15(24)2/h4-9,15,21H,10-13H2,1-3H3,(H,22,25). The van der Waals surface area contributed by atoms with E-state index in [0.29, 0.717) is 11.3 Å². The lowest BCUT2D eigenvalue weighted by Crippen LogP contribution is -2.57. The van der Waals surface area contributed by atoms with E-state index in [1.54, 1.807) is 6.07 Å². The van der Waals surface area contributed by atoms with Gasteiger partial charge in [-0.3, -0.25) is 15.0 Å². The number of hydrogen-bond acceptors (Lipinski definition) is 4. The molecule has 1 aromatic carbocycles. The Hall–Kier alpha value is -2.44. The van der Waals surface area contributed by atoms with Gasteiger partial charge in [-0.25, -0.2) is 5.01 Å².